The van der Waals surface area contributed by atoms with E-state index in [-0.39, 0.29) is 6.54 Å². The molecule has 0 bridgehead atoms. The Balaban J connectivity index is 2.70. The molecule has 0 saturated carbocycles. The van der Waals surface area contributed by atoms with Crippen LogP contribution in [0, 0.1) is 6.92 Å². The highest BCUT2D eigenvalue weighted by Gasteiger charge is 2.15. The number of hydrogen-bond donors (Lipinski definition) is 2. The predicted molar refractivity (Wildman–Crippen MR) is 60.5 cm³/mol. The molecule has 5 heteroatoms. The minimum atomic E-state index is -0.725. The molecule has 0 aliphatic carbocycles. The first kappa shape index (κ1) is 10.6. The van der Waals surface area contributed by atoms with Gasteiger partial charge >= 0.3 is 0 Å². The van der Waals surface area contributed by atoms with Gasteiger partial charge in [0, 0.05) is 23.5 Å². The van der Waals surface area contributed by atoms with Gasteiger partial charge in [0.25, 0.3) is 0 Å². The molecule has 3 N–H and O–H groups in total. The number of aryl methyl sites for hydroxylation is 1. The van der Waals surface area contributed by atoms with E-state index in [0.29, 0.717) is 17.0 Å². The largest absolute Gasteiger partial charge is 0.441 e. The maximum Gasteiger partial charge on any atom is 0.192 e. The van der Waals surface area contributed by atoms with Crippen molar-refractivity contribution in [2.75, 3.05) is 6.54 Å². The summed E-state index contributed by atoms with van der Waals surface area (Å²) in [6, 6.07) is 3.64. The quantitative estimate of drug-likeness (QED) is 0.874. The van der Waals surface area contributed by atoms with Gasteiger partial charge in [0.1, 0.15) is 5.52 Å². The third kappa shape index (κ3) is 1.90. The molecule has 2 aromatic rings. The lowest BCUT2D eigenvalue weighted by atomic mass is 10.1. The van der Waals surface area contributed by atoms with Crippen molar-refractivity contribution < 1.29 is 9.52 Å². The van der Waals surface area contributed by atoms with E-state index >= 15 is 0 Å². The number of nitrogens with zero attached hydrogens (tertiary/aromatic N) is 1. The molecule has 0 saturated heterocycles. The molecule has 1 aromatic heterocycles. The Morgan fingerprint density at radius 3 is 3.00 bits per heavy atom. The Morgan fingerprint density at radius 2 is 2.33 bits per heavy atom. The number of aromatic nitrogens is 1. The SMILES string of the molecule is Cc1nc2cc(Br)cc(C(O)CN)c2o1. The van der Waals surface area contributed by atoms with E-state index in [0.717, 1.165) is 9.99 Å². The number of oxazole rings is 1. The van der Waals surface area contributed by atoms with E-state index in [4.69, 9.17) is 10.2 Å². The highest BCUT2D eigenvalue weighted by atomic mass is 79.9. The number of fused-ring (bicyclic) bond motifs is 1. The Bertz CT molecular complexity index is 495. The molecule has 0 fully saturated rings. The van der Waals surface area contributed by atoms with Crippen LogP contribution in [-0.2, 0) is 0 Å². The maximum atomic E-state index is 9.73. The molecular formula is C10H11BrN2O2. The van der Waals surface area contributed by atoms with Crippen LogP contribution in [0.3, 0.4) is 0 Å². The molecule has 15 heavy (non-hydrogen) atoms. The molecular weight excluding hydrogens is 260 g/mol. The van der Waals surface area contributed by atoms with Gasteiger partial charge in [-0.05, 0) is 12.1 Å². The van der Waals surface area contributed by atoms with Crippen molar-refractivity contribution in [2.24, 2.45) is 5.73 Å². The Morgan fingerprint density at radius 1 is 1.60 bits per heavy atom. The minimum Gasteiger partial charge on any atom is -0.441 e. The maximum absolute atomic E-state index is 9.73. The number of aliphatic hydroxyl groups is 1. The summed E-state index contributed by atoms with van der Waals surface area (Å²) >= 11 is 3.36. The molecule has 0 spiro atoms. The fraction of sp³-hybridized carbons (Fsp3) is 0.300. The van der Waals surface area contributed by atoms with Gasteiger partial charge in [-0.2, -0.15) is 0 Å². The zero-order valence-corrected chi connectivity index (χ0v) is 9.78. The van der Waals surface area contributed by atoms with Crippen LogP contribution in [0.2, 0.25) is 0 Å². The standard InChI is InChI=1S/C10H11BrN2O2/c1-5-13-8-3-6(11)2-7(9(14)4-12)10(8)15-5/h2-3,9,14H,4,12H2,1H3. The van der Waals surface area contributed by atoms with Crippen molar-refractivity contribution in [2.45, 2.75) is 13.0 Å². The van der Waals surface area contributed by atoms with Crippen molar-refractivity contribution in [3.8, 4) is 0 Å². The lowest BCUT2D eigenvalue weighted by Crippen LogP contribution is -2.11. The summed E-state index contributed by atoms with van der Waals surface area (Å²) in [6.07, 6.45) is -0.725. The first-order valence-electron chi connectivity index (χ1n) is 4.56. The molecule has 1 unspecified atom stereocenters. The average molecular weight is 271 g/mol. The number of nitrogens with two attached hydrogens (primary N) is 1. The van der Waals surface area contributed by atoms with E-state index < -0.39 is 6.10 Å². The van der Waals surface area contributed by atoms with E-state index in [1.54, 1.807) is 13.0 Å². The average Bonchev–Trinajstić information content (AvgIpc) is 2.55. The number of benzene rings is 1. The molecule has 1 atom stereocenters. The van der Waals surface area contributed by atoms with Gasteiger partial charge in [-0.15, -0.1) is 0 Å². The fourth-order valence-electron chi connectivity index (χ4n) is 1.51. The normalized spacial score (nSPS) is 13.3. The highest BCUT2D eigenvalue weighted by Crippen LogP contribution is 2.28. The van der Waals surface area contributed by atoms with Crippen LogP contribution in [0.4, 0.5) is 0 Å². The zero-order valence-electron chi connectivity index (χ0n) is 8.20. The van der Waals surface area contributed by atoms with Crippen LogP contribution in [0.15, 0.2) is 21.0 Å². The minimum absolute atomic E-state index is 0.158. The molecule has 0 amide bonds. The summed E-state index contributed by atoms with van der Waals surface area (Å²) in [6.45, 7) is 1.93. The van der Waals surface area contributed by atoms with Crippen LogP contribution < -0.4 is 5.73 Å². The summed E-state index contributed by atoms with van der Waals surface area (Å²) in [5.41, 5.74) is 7.43. The lowest BCUT2D eigenvalue weighted by molar-refractivity contribution is 0.187. The highest BCUT2D eigenvalue weighted by molar-refractivity contribution is 9.10. The third-order valence-electron chi connectivity index (χ3n) is 2.17. The molecule has 0 aliphatic rings. The molecule has 0 radical (unpaired) electrons. The lowest BCUT2D eigenvalue weighted by Gasteiger charge is -2.08. The third-order valence-corrected chi connectivity index (χ3v) is 2.63. The van der Waals surface area contributed by atoms with Crippen LogP contribution in [-0.4, -0.2) is 16.6 Å². The van der Waals surface area contributed by atoms with Gasteiger partial charge in [-0.3, -0.25) is 0 Å². The smallest absolute Gasteiger partial charge is 0.192 e. The first-order valence-corrected chi connectivity index (χ1v) is 5.36. The van der Waals surface area contributed by atoms with Gasteiger partial charge in [0.15, 0.2) is 11.5 Å². The molecule has 1 aromatic carbocycles. The van der Waals surface area contributed by atoms with E-state index in [2.05, 4.69) is 20.9 Å². The van der Waals surface area contributed by atoms with Crippen molar-refractivity contribution in [3.05, 3.63) is 28.1 Å². The summed E-state index contributed by atoms with van der Waals surface area (Å²) in [5.74, 6) is 0.577. The molecule has 4 nitrogen and oxygen atoms in total. The van der Waals surface area contributed by atoms with Crippen LogP contribution >= 0.6 is 15.9 Å². The van der Waals surface area contributed by atoms with E-state index in [9.17, 15) is 5.11 Å². The summed E-state index contributed by atoms with van der Waals surface area (Å²) in [4.78, 5) is 4.20. The van der Waals surface area contributed by atoms with Gasteiger partial charge in [-0.1, -0.05) is 15.9 Å². The number of hydrogen-bond acceptors (Lipinski definition) is 4. The second-order valence-corrected chi connectivity index (χ2v) is 4.24. The number of rotatable bonds is 2. The predicted octanol–water partition coefficient (Wildman–Crippen LogP) is 1.89. The number of aliphatic hydroxyl groups excluding tert-OH is 1. The second kappa shape index (κ2) is 3.92. The van der Waals surface area contributed by atoms with Gasteiger partial charge < -0.3 is 15.3 Å². The van der Waals surface area contributed by atoms with Gasteiger partial charge in [0.2, 0.25) is 0 Å². The second-order valence-electron chi connectivity index (χ2n) is 3.33. The van der Waals surface area contributed by atoms with Crippen LogP contribution in [0.5, 0.6) is 0 Å². The molecule has 2 rings (SSSR count). The number of halogens is 1. The Hall–Kier alpha value is -0.910. The van der Waals surface area contributed by atoms with Gasteiger partial charge in [0.05, 0.1) is 6.10 Å². The van der Waals surface area contributed by atoms with E-state index in [1.165, 1.54) is 0 Å². The molecule has 80 valence electrons. The first-order chi connectivity index (χ1) is 7.11. The summed E-state index contributed by atoms with van der Waals surface area (Å²) in [5, 5.41) is 9.73. The summed E-state index contributed by atoms with van der Waals surface area (Å²) < 4.78 is 6.28. The fourth-order valence-corrected chi connectivity index (χ4v) is 1.97. The van der Waals surface area contributed by atoms with E-state index in [1.807, 2.05) is 6.07 Å². The van der Waals surface area contributed by atoms with Crippen molar-refractivity contribution in [1.29, 1.82) is 0 Å². The van der Waals surface area contributed by atoms with Crippen LogP contribution in [0.25, 0.3) is 11.1 Å². The zero-order chi connectivity index (χ0) is 11.0. The molecule has 0 aliphatic heterocycles. The van der Waals surface area contributed by atoms with Crippen molar-refractivity contribution in [1.82, 2.24) is 4.98 Å². The van der Waals surface area contributed by atoms with Crippen molar-refractivity contribution >= 4 is 27.0 Å². The summed E-state index contributed by atoms with van der Waals surface area (Å²) in [7, 11) is 0. The Labute approximate surface area is 95.2 Å². The van der Waals surface area contributed by atoms with Crippen LogP contribution in [0.1, 0.15) is 17.6 Å². The topological polar surface area (TPSA) is 72.3 Å². The molecule has 1 heterocycles. The monoisotopic (exact) mass is 270 g/mol. The van der Waals surface area contributed by atoms with Gasteiger partial charge in [-0.25, -0.2) is 4.98 Å². The Kier molecular flexibility index (Phi) is 2.77. The van der Waals surface area contributed by atoms with Crippen molar-refractivity contribution in [3.63, 3.8) is 0 Å².